The van der Waals surface area contributed by atoms with Crippen LogP contribution in [0.15, 0.2) is 24.3 Å². The van der Waals surface area contributed by atoms with Gasteiger partial charge in [-0.2, -0.15) is 34.8 Å². The molecule has 0 bridgehead atoms. The van der Waals surface area contributed by atoms with Crippen LogP contribution < -0.4 is 0 Å². The van der Waals surface area contributed by atoms with Crippen LogP contribution in [0.3, 0.4) is 0 Å². The lowest BCUT2D eigenvalue weighted by molar-refractivity contribution is -0.362. The minimum atomic E-state index is -6.39. The van der Waals surface area contributed by atoms with E-state index in [-0.39, 0.29) is 32.3 Å². The van der Waals surface area contributed by atoms with E-state index >= 15 is 0 Å². The predicted octanol–water partition coefficient (Wildman–Crippen LogP) is 3.50. The van der Waals surface area contributed by atoms with Gasteiger partial charge in [-0.05, 0) is 31.2 Å². The first-order valence-electron chi connectivity index (χ1n) is 10.2. The van der Waals surface area contributed by atoms with Gasteiger partial charge in [0.05, 0.1) is 19.7 Å². The van der Waals surface area contributed by atoms with Crippen molar-refractivity contribution in [2.75, 3.05) is 5.75 Å². The Bertz CT molecular complexity index is 986. The molecule has 1 aliphatic rings. The maximum absolute atomic E-state index is 13.3. The molecular weight excluding hydrogens is 509 g/mol. The highest BCUT2D eigenvalue weighted by Gasteiger charge is 2.76. The van der Waals surface area contributed by atoms with Crippen LogP contribution in [-0.4, -0.2) is 56.5 Å². The van der Waals surface area contributed by atoms with E-state index in [2.05, 4.69) is 4.74 Å². The summed E-state index contributed by atoms with van der Waals surface area (Å²) >= 11 is 0. The van der Waals surface area contributed by atoms with Crippen LogP contribution >= 0.6 is 0 Å². The molecule has 1 N–H and O–H groups in total. The number of hydrogen-bond acceptors (Lipinski definition) is 6. The van der Waals surface area contributed by atoms with Crippen LogP contribution in [0.2, 0.25) is 0 Å². The fourth-order valence-corrected chi connectivity index (χ4v) is 4.49. The summed E-state index contributed by atoms with van der Waals surface area (Å²) in [5, 5.41) is 0. The molecule has 0 aromatic heterocycles. The smallest absolute Gasteiger partial charge is 0.438 e. The molecule has 0 spiro atoms. The van der Waals surface area contributed by atoms with Gasteiger partial charge in [0.15, 0.2) is 0 Å². The maximum Gasteiger partial charge on any atom is 0.438 e. The summed E-state index contributed by atoms with van der Waals surface area (Å²) in [4.78, 5) is 24.5. The fraction of sp³-hybridized carbons (Fsp3) is 0.600. The standard InChI is InChI=1S/C20H21BF6O7S/c21-9-12-1-3-13(4-2-12)10-33-16(28)14-5-7-15(8-6-14)17(29)34-18(19(22,23)24,20(25,26)27)11-35(30,31)32/h1-4,14-15H,5-11H2,(H,30,31,32). The van der Waals surface area contributed by atoms with Crippen LogP contribution in [0.5, 0.6) is 0 Å². The van der Waals surface area contributed by atoms with Crippen molar-refractivity contribution in [3.05, 3.63) is 35.4 Å². The molecule has 2 rings (SSSR count). The zero-order chi connectivity index (χ0) is 26.7. The van der Waals surface area contributed by atoms with E-state index in [1.54, 1.807) is 24.3 Å². The topological polar surface area (TPSA) is 107 Å². The third-order valence-corrected chi connectivity index (χ3v) is 6.38. The van der Waals surface area contributed by atoms with Gasteiger partial charge in [-0.15, -0.1) is 0 Å². The number of benzene rings is 1. The van der Waals surface area contributed by atoms with Gasteiger partial charge in [0.25, 0.3) is 10.1 Å². The van der Waals surface area contributed by atoms with Gasteiger partial charge in [0.2, 0.25) is 0 Å². The molecule has 0 atom stereocenters. The number of ether oxygens (including phenoxy) is 2. The van der Waals surface area contributed by atoms with Crippen LogP contribution in [0.1, 0.15) is 36.8 Å². The Kier molecular flexibility index (Phi) is 8.91. The summed E-state index contributed by atoms with van der Waals surface area (Å²) < 4.78 is 119. The lowest BCUT2D eigenvalue weighted by Crippen LogP contribution is -2.63. The number of alkyl halides is 6. The van der Waals surface area contributed by atoms with Crippen molar-refractivity contribution in [3.8, 4) is 0 Å². The van der Waals surface area contributed by atoms with E-state index < -0.39 is 57.6 Å². The Morgan fingerprint density at radius 2 is 1.31 bits per heavy atom. The Morgan fingerprint density at radius 1 is 0.886 bits per heavy atom. The molecule has 7 nitrogen and oxygen atoms in total. The van der Waals surface area contributed by atoms with Crippen LogP contribution in [-0.2, 0) is 42.1 Å². The van der Waals surface area contributed by atoms with Gasteiger partial charge in [-0.25, -0.2) is 0 Å². The highest BCUT2D eigenvalue weighted by Crippen LogP contribution is 2.47. The monoisotopic (exact) mass is 530 g/mol. The maximum atomic E-state index is 13.3. The number of carbonyl (C=O) groups excluding carboxylic acids is 2. The highest BCUT2D eigenvalue weighted by atomic mass is 32.2. The molecular formula is C20H21BF6O7S. The molecule has 194 valence electrons. The summed E-state index contributed by atoms with van der Waals surface area (Å²) in [6.07, 6.45) is -13.2. The predicted molar refractivity (Wildman–Crippen MR) is 108 cm³/mol. The average Bonchev–Trinajstić information content (AvgIpc) is 2.75. The van der Waals surface area contributed by atoms with E-state index in [4.69, 9.17) is 17.1 Å². The van der Waals surface area contributed by atoms with Crippen LogP contribution in [0.25, 0.3) is 0 Å². The summed E-state index contributed by atoms with van der Waals surface area (Å²) in [5.41, 5.74) is -3.91. The first-order valence-corrected chi connectivity index (χ1v) is 11.9. The molecule has 1 aliphatic carbocycles. The Hall–Kier alpha value is -2.29. The molecule has 1 aromatic rings. The first-order chi connectivity index (χ1) is 16.0. The molecule has 0 saturated heterocycles. The number of esters is 2. The molecule has 35 heavy (non-hydrogen) atoms. The number of rotatable bonds is 8. The molecule has 0 unspecified atom stereocenters. The van der Waals surface area contributed by atoms with E-state index in [1.165, 1.54) is 0 Å². The van der Waals surface area contributed by atoms with Crippen LogP contribution in [0, 0.1) is 11.8 Å². The van der Waals surface area contributed by atoms with Crippen LogP contribution in [0.4, 0.5) is 26.3 Å². The van der Waals surface area contributed by atoms with Gasteiger partial charge < -0.3 is 9.47 Å². The molecule has 0 aliphatic heterocycles. The summed E-state index contributed by atoms with van der Waals surface area (Å²) in [6.45, 7) is -0.0685. The minimum absolute atomic E-state index is 0.0685. The minimum Gasteiger partial charge on any atom is -0.461 e. The van der Waals surface area contributed by atoms with Gasteiger partial charge >= 0.3 is 29.9 Å². The highest BCUT2D eigenvalue weighted by molar-refractivity contribution is 7.85. The van der Waals surface area contributed by atoms with Crippen molar-refractivity contribution in [1.29, 1.82) is 0 Å². The molecule has 0 heterocycles. The second kappa shape index (κ2) is 10.8. The largest absolute Gasteiger partial charge is 0.461 e. The molecule has 1 saturated carbocycles. The van der Waals surface area contributed by atoms with Gasteiger partial charge in [-0.3, -0.25) is 14.1 Å². The Balaban J connectivity index is 2.02. The Labute approximate surface area is 198 Å². The summed E-state index contributed by atoms with van der Waals surface area (Å²) in [5.74, 6) is -7.71. The number of hydrogen-bond donors (Lipinski definition) is 1. The van der Waals surface area contributed by atoms with Crippen molar-refractivity contribution < 1.29 is 58.4 Å². The zero-order valence-electron chi connectivity index (χ0n) is 18.1. The summed E-state index contributed by atoms with van der Waals surface area (Å²) in [6, 6.07) is 6.87. The third-order valence-electron chi connectivity index (χ3n) is 5.61. The normalized spacial score (nSPS) is 19.7. The Morgan fingerprint density at radius 3 is 1.71 bits per heavy atom. The first kappa shape index (κ1) is 28.9. The van der Waals surface area contributed by atoms with Crippen molar-refractivity contribution in [1.82, 2.24) is 0 Å². The quantitative estimate of drug-likeness (QED) is 0.237. The van der Waals surface area contributed by atoms with Gasteiger partial charge in [0, 0.05) is 0 Å². The lowest BCUT2D eigenvalue weighted by atomic mass is 9.82. The number of halogens is 6. The SMILES string of the molecule is [B]Cc1ccc(COC(=O)C2CCC(C(=O)OC(CS(=O)(=O)O)(C(F)(F)F)C(F)(F)F)CC2)cc1. The molecule has 1 aromatic carbocycles. The van der Waals surface area contributed by atoms with Crippen molar-refractivity contribution in [3.63, 3.8) is 0 Å². The van der Waals surface area contributed by atoms with E-state index in [0.29, 0.717) is 11.9 Å². The van der Waals surface area contributed by atoms with Gasteiger partial charge in [0.1, 0.15) is 12.4 Å². The molecule has 2 radical (unpaired) electrons. The number of carbonyl (C=O) groups is 2. The lowest BCUT2D eigenvalue weighted by Gasteiger charge is -2.37. The van der Waals surface area contributed by atoms with E-state index in [9.17, 15) is 44.3 Å². The van der Waals surface area contributed by atoms with E-state index in [1.807, 2.05) is 0 Å². The van der Waals surface area contributed by atoms with Gasteiger partial charge in [-0.1, -0.05) is 36.1 Å². The second-order valence-electron chi connectivity index (χ2n) is 8.15. The van der Waals surface area contributed by atoms with Crippen molar-refractivity contribution >= 4 is 29.9 Å². The van der Waals surface area contributed by atoms with E-state index in [0.717, 1.165) is 5.56 Å². The zero-order valence-corrected chi connectivity index (χ0v) is 18.9. The van der Waals surface area contributed by atoms with Crippen molar-refractivity contribution in [2.24, 2.45) is 11.8 Å². The molecule has 15 heteroatoms. The average molecular weight is 530 g/mol. The van der Waals surface area contributed by atoms with Crippen molar-refractivity contribution in [2.45, 2.75) is 56.6 Å². The third kappa shape index (κ3) is 7.35. The fourth-order valence-electron chi connectivity index (χ4n) is 3.59. The summed E-state index contributed by atoms with van der Waals surface area (Å²) in [7, 11) is -0.375. The molecule has 0 amide bonds. The molecule has 1 fully saturated rings. The second-order valence-corrected chi connectivity index (χ2v) is 9.60.